The third-order valence-corrected chi connectivity index (χ3v) is 3.06. The Bertz CT molecular complexity index is 596. The van der Waals surface area contributed by atoms with E-state index < -0.39 is 10.0 Å². The van der Waals surface area contributed by atoms with Crippen molar-refractivity contribution in [3.63, 3.8) is 0 Å². The summed E-state index contributed by atoms with van der Waals surface area (Å²) >= 11 is 0. The third kappa shape index (κ3) is 2.07. The first-order chi connectivity index (χ1) is 7.59. The molecule has 1 aromatic heterocycles. The average Bonchev–Trinajstić information content (AvgIpc) is 2.29. The van der Waals surface area contributed by atoms with Gasteiger partial charge in [0.2, 0.25) is 10.0 Å². The number of nitrogens with zero attached hydrogens (tertiary/aromatic N) is 2. The first-order valence-electron chi connectivity index (χ1n) is 4.48. The van der Waals surface area contributed by atoms with Gasteiger partial charge in [-0.25, -0.2) is 13.6 Å². The first-order valence-corrected chi connectivity index (χ1v) is 6.02. The van der Waals surface area contributed by atoms with E-state index >= 15 is 0 Å². The second-order valence-electron chi connectivity index (χ2n) is 3.17. The predicted octanol–water partition coefficient (Wildman–Crippen LogP) is 0.791. The highest BCUT2D eigenvalue weighted by Gasteiger charge is 2.14. The van der Waals surface area contributed by atoms with Crippen LogP contribution in [0.3, 0.4) is 0 Å². The van der Waals surface area contributed by atoms with Gasteiger partial charge in [0, 0.05) is 11.1 Å². The molecular weight excluding hydrogens is 226 g/mol. The van der Waals surface area contributed by atoms with Gasteiger partial charge >= 0.3 is 0 Å². The average molecular weight is 235 g/mol. The van der Waals surface area contributed by atoms with Gasteiger partial charge in [-0.15, -0.1) is 0 Å². The van der Waals surface area contributed by atoms with E-state index in [1.165, 1.54) is 18.5 Å². The molecule has 0 spiro atoms. The van der Waals surface area contributed by atoms with Gasteiger partial charge in [-0.05, 0) is 12.1 Å². The Morgan fingerprint density at radius 2 is 1.81 bits per heavy atom. The Balaban J connectivity index is 2.68. The fraction of sp³-hybridized carbons (Fsp3) is 0. The summed E-state index contributed by atoms with van der Waals surface area (Å²) in [5.74, 6) is 0. The van der Waals surface area contributed by atoms with Crippen LogP contribution in [0.25, 0.3) is 11.1 Å². The maximum atomic E-state index is 11.4. The highest BCUT2D eigenvalue weighted by Crippen LogP contribution is 2.24. The van der Waals surface area contributed by atoms with Gasteiger partial charge in [0.15, 0.2) is 0 Å². The molecule has 0 radical (unpaired) electrons. The van der Waals surface area contributed by atoms with Crippen LogP contribution in [0.4, 0.5) is 0 Å². The van der Waals surface area contributed by atoms with E-state index in [4.69, 9.17) is 5.14 Å². The lowest BCUT2D eigenvalue weighted by Crippen LogP contribution is -2.13. The zero-order chi connectivity index (χ0) is 11.6. The zero-order valence-corrected chi connectivity index (χ0v) is 9.05. The standard InChI is InChI=1S/C10H9N3O2S/c11-16(14,15)10-4-2-1-3-9(10)8-5-6-12-13-7-8/h1-7H,(H2,11,14,15). The molecule has 0 aliphatic rings. The van der Waals surface area contributed by atoms with Crippen LogP contribution in [0.1, 0.15) is 0 Å². The number of hydrogen-bond acceptors (Lipinski definition) is 4. The molecule has 0 saturated carbocycles. The van der Waals surface area contributed by atoms with Crippen molar-refractivity contribution < 1.29 is 8.42 Å². The lowest BCUT2D eigenvalue weighted by atomic mass is 10.1. The number of nitrogens with two attached hydrogens (primary N) is 1. The normalized spacial score (nSPS) is 11.3. The summed E-state index contributed by atoms with van der Waals surface area (Å²) in [4.78, 5) is 0.0861. The quantitative estimate of drug-likeness (QED) is 0.833. The summed E-state index contributed by atoms with van der Waals surface area (Å²) in [7, 11) is -3.73. The Labute approximate surface area is 93.0 Å². The van der Waals surface area contributed by atoms with Crippen LogP contribution in [0.2, 0.25) is 0 Å². The fourth-order valence-electron chi connectivity index (χ4n) is 1.40. The molecule has 0 amide bonds. The van der Waals surface area contributed by atoms with Crippen LogP contribution in [0, 0.1) is 0 Å². The molecule has 0 aliphatic heterocycles. The van der Waals surface area contributed by atoms with Crippen LogP contribution < -0.4 is 5.14 Å². The SMILES string of the molecule is NS(=O)(=O)c1ccccc1-c1ccnnc1. The molecule has 0 aliphatic carbocycles. The molecule has 0 unspecified atom stereocenters. The highest BCUT2D eigenvalue weighted by molar-refractivity contribution is 7.89. The van der Waals surface area contributed by atoms with E-state index in [-0.39, 0.29) is 4.90 Å². The van der Waals surface area contributed by atoms with Crippen LogP contribution in [-0.2, 0) is 10.0 Å². The van der Waals surface area contributed by atoms with E-state index in [2.05, 4.69) is 10.2 Å². The van der Waals surface area contributed by atoms with Crippen molar-refractivity contribution in [2.75, 3.05) is 0 Å². The largest absolute Gasteiger partial charge is 0.238 e. The minimum absolute atomic E-state index is 0.0861. The van der Waals surface area contributed by atoms with E-state index in [9.17, 15) is 8.42 Å². The molecule has 2 aromatic rings. The van der Waals surface area contributed by atoms with Crippen molar-refractivity contribution in [2.24, 2.45) is 5.14 Å². The van der Waals surface area contributed by atoms with Crippen molar-refractivity contribution in [1.29, 1.82) is 0 Å². The fourth-order valence-corrected chi connectivity index (χ4v) is 2.16. The molecular formula is C10H9N3O2S. The summed E-state index contributed by atoms with van der Waals surface area (Å²) in [6.45, 7) is 0. The number of aromatic nitrogens is 2. The topological polar surface area (TPSA) is 85.9 Å². The summed E-state index contributed by atoms with van der Waals surface area (Å²) in [5, 5.41) is 12.5. The molecule has 0 fully saturated rings. The van der Waals surface area contributed by atoms with E-state index in [1.54, 1.807) is 24.3 Å². The molecule has 0 atom stereocenters. The maximum absolute atomic E-state index is 11.4. The van der Waals surface area contributed by atoms with Gasteiger partial charge in [0.05, 0.1) is 17.3 Å². The zero-order valence-electron chi connectivity index (χ0n) is 8.24. The number of primary sulfonamides is 1. The highest BCUT2D eigenvalue weighted by atomic mass is 32.2. The Kier molecular flexibility index (Phi) is 2.67. The molecule has 5 nitrogen and oxygen atoms in total. The van der Waals surface area contributed by atoms with E-state index in [0.717, 1.165) is 0 Å². The van der Waals surface area contributed by atoms with Crippen LogP contribution in [0.15, 0.2) is 47.6 Å². The van der Waals surface area contributed by atoms with Gasteiger partial charge in [-0.2, -0.15) is 10.2 Å². The minimum atomic E-state index is -3.73. The van der Waals surface area contributed by atoms with E-state index in [1.807, 2.05) is 0 Å². The van der Waals surface area contributed by atoms with Crippen molar-refractivity contribution in [1.82, 2.24) is 10.2 Å². The van der Waals surface area contributed by atoms with Crippen molar-refractivity contribution in [2.45, 2.75) is 4.90 Å². The predicted molar refractivity (Wildman–Crippen MR) is 58.8 cm³/mol. The summed E-state index contributed by atoms with van der Waals surface area (Å²) in [6.07, 6.45) is 2.99. The van der Waals surface area contributed by atoms with Crippen LogP contribution in [-0.4, -0.2) is 18.6 Å². The molecule has 0 saturated heterocycles. The number of rotatable bonds is 2. The summed E-state index contributed by atoms with van der Waals surface area (Å²) in [5.41, 5.74) is 1.19. The molecule has 1 aromatic carbocycles. The molecule has 0 bridgehead atoms. The Hall–Kier alpha value is -1.79. The second kappa shape index (κ2) is 3.99. The first kappa shape index (κ1) is 10.7. The van der Waals surface area contributed by atoms with Crippen LogP contribution >= 0.6 is 0 Å². The summed E-state index contributed by atoms with van der Waals surface area (Å²) in [6, 6.07) is 8.18. The van der Waals surface area contributed by atoms with E-state index in [0.29, 0.717) is 11.1 Å². The lowest BCUT2D eigenvalue weighted by molar-refractivity contribution is 0.598. The van der Waals surface area contributed by atoms with Gasteiger partial charge in [0.1, 0.15) is 0 Å². The van der Waals surface area contributed by atoms with Gasteiger partial charge < -0.3 is 0 Å². The van der Waals surface area contributed by atoms with Crippen molar-refractivity contribution >= 4 is 10.0 Å². The summed E-state index contributed by atoms with van der Waals surface area (Å²) < 4.78 is 22.7. The van der Waals surface area contributed by atoms with Gasteiger partial charge in [-0.3, -0.25) is 0 Å². The van der Waals surface area contributed by atoms with Crippen molar-refractivity contribution in [3.8, 4) is 11.1 Å². The number of hydrogen-bond donors (Lipinski definition) is 1. The van der Waals surface area contributed by atoms with Gasteiger partial charge in [0.25, 0.3) is 0 Å². The molecule has 2 rings (SSSR count). The number of sulfonamides is 1. The molecule has 6 heteroatoms. The van der Waals surface area contributed by atoms with Crippen LogP contribution in [0.5, 0.6) is 0 Å². The molecule has 1 heterocycles. The maximum Gasteiger partial charge on any atom is 0.238 e. The minimum Gasteiger partial charge on any atom is -0.225 e. The third-order valence-electron chi connectivity index (χ3n) is 2.09. The lowest BCUT2D eigenvalue weighted by Gasteiger charge is -2.06. The second-order valence-corrected chi connectivity index (χ2v) is 4.70. The Morgan fingerprint density at radius 3 is 2.44 bits per heavy atom. The Morgan fingerprint density at radius 1 is 1.06 bits per heavy atom. The van der Waals surface area contributed by atoms with Crippen molar-refractivity contribution in [3.05, 3.63) is 42.7 Å². The smallest absolute Gasteiger partial charge is 0.225 e. The molecule has 16 heavy (non-hydrogen) atoms. The monoisotopic (exact) mass is 235 g/mol. The molecule has 2 N–H and O–H groups in total. The number of benzene rings is 1. The molecule has 82 valence electrons. The van der Waals surface area contributed by atoms with Gasteiger partial charge in [-0.1, -0.05) is 18.2 Å².